The highest BCUT2D eigenvalue weighted by molar-refractivity contribution is 7.99. The van der Waals surface area contributed by atoms with Crippen molar-refractivity contribution in [3.63, 3.8) is 0 Å². The van der Waals surface area contributed by atoms with E-state index in [0.717, 1.165) is 27.0 Å². The Kier molecular flexibility index (Phi) is 3.48. The number of nitrogen functional groups attached to an aromatic ring is 1. The molecule has 4 heteroatoms. The van der Waals surface area contributed by atoms with Gasteiger partial charge in [0.05, 0.1) is 11.4 Å². The predicted molar refractivity (Wildman–Crippen MR) is 83.3 cm³/mol. The summed E-state index contributed by atoms with van der Waals surface area (Å²) >= 11 is 1.68. The molecule has 3 nitrogen and oxygen atoms in total. The standard InChI is InChI=1S/C16H15N3S/c1-12-11-16(20-15-9-7-13(17)8-10-15)19(18-12)14-5-3-2-4-6-14/h2-11H,17H2,1H3. The van der Waals surface area contributed by atoms with Crippen molar-refractivity contribution >= 4 is 17.4 Å². The van der Waals surface area contributed by atoms with E-state index in [4.69, 9.17) is 5.73 Å². The van der Waals surface area contributed by atoms with Crippen LogP contribution >= 0.6 is 11.8 Å². The maximum absolute atomic E-state index is 5.72. The number of nitrogens with zero attached hydrogens (tertiary/aromatic N) is 2. The highest BCUT2D eigenvalue weighted by Gasteiger charge is 2.08. The van der Waals surface area contributed by atoms with Crippen molar-refractivity contribution in [1.29, 1.82) is 0 Å². The molecule has 3 aromatic rings. The minimum absolute atomic E-state index is 0.780. The molecule has 0 aliphatic rings. The summed E-state index contributed by atoms with van der Waals surface area (Å²) in [4.78, 5) is 1.15. The summed E-state index contributed by atoms with van der Waals surface area (Å²) in [7, 11) is 0. The van der Waals surface area contributed by atoms with Crippen LogP contribution in [-0.2, 0) is 0 Å². The van der Waals surface area contributed by atoms with E-state index >= 15 is 0 Å². The van der Waals surface area contributed by atoms with E-state index in [1.165, 1.54) is 0 Å². The lowest BCUT2D eigenvalue weighted by Gasteiger charge is -2.07. The van der Waals surface area contributed by atoms with Gasteiger partial charge in [0, 0.05) is 10.6 Å². The molecule has 0 atom stereocenters. The van der Waals surface area contributed by atoms with Gasteiger partial charge in [-0.05, 0) is 49.4 Å². The molecule has 0 aliphatic heterocycles. The molecule has 0 amide bonds. The van der Waals surface area contributed by atoms with Crippen molar-refractivity contribution in [1.82, 2.24) is 9.78 Å². The van der Waals surface area contributed by atoms with Gasteiger partial charge < -0.3 is 5.73 Å². The molecular formula is C16H15N3S. The number of hydrogen-bond acceptors (Lipinski definition) is 3. The number of aromatic nitrogens is 2. The zero-order valence-electron chi connectivity index (χ0n) is 11.2. The second-order valence-electron chi connectivity index (χ2n) is 4.54. The van der Waals surface area contributed by atoms with Crippen LogP contribution in [0.1, 0.15) is 5.69 Å². The van der Waals surface area contributed by atoms with Gasteiger partial charge in [0.2, 0.25) is 0 Å². The molecule has 3 rings (SSSR count). The zero-order valence-corrected chi connectivity index (χ0v) is 12.0. The van der Waals surface area contributed by atoms with Gasteiger partial charge in [-0.15, -0.1) is 0 Å². The molecule has 0 saturated heterocycles. The summed E-state index contributed by atoms with van der Waals surface area (Å²) in [5.74, 6) is 0. The SMILES string of the molecule is Cc1cc(Sc2ccc(N)cc2)n(-c2ccccc2)n1. The van der Waals surface area contributed by atoms with Crippen molar-refractivity contribution in [3.05, 3.63) is 66.4 Å². The molecule has 0 aliphatic carbocycles. The third-order valence-electron chi connectivity index (χ3n) is 2.90. The molecule has 0 radical (unpaired) electrons. The number of rotatable bonds is 3. The van der Waals surface area contributed by atoms with E-state index in [2.05, 4.69) is 23.3 Å². The largest absolute Gasteiger partial charge is 0.399 e. The number of aryl methyl sites for hydroxylation is 1. The van der Waals surface area contributed by atoms with Crippen LogP contribution < -0.4 is 5.73 Å². The van der Waals surface area contributed by atoms with Crippen LogP contribution in [0.5, 0.6) is 0 Å². The van der Waals surface area contributed by atoms with Crippen LogP contribution in [0, 0.1) is 6.92 Å². The topological polar surface area (TPSA) is 43.8 Å². The Morgan fingerprint density at radius 3 is 2.40 bits per heavy atom. The van der Waals surface area contributed by atoms with Crippen molar-refractivity contribution in [2.24, 2.45) is 0 Å². The summed E-state index contributed by atoms with van der Waals surface area (Å²) in [5, 5.41) is 5.66. The Labute approximate surface area is 122 Å². The first-order valence-corrected chi connectivity index (χ1v) is 7.19. The minimum Gasteiger partial charge on any atom is -0.399 e. The van der Waals surface area contributed by atoms with Crippen molar-refractivity contribution < 1.29 is 0 Å². The highest BCUT2D eigenvalue weighted by Crippen LogP contribution is 2.30. The number of anilines is 1. The highest BCUT2D eigenvalue weighted by atomic mass is 32.2. The average molecular weight is 281 g/mol. The Balaban J connectivity index is 1.96. The molecule has 0 bridgehead atoms. The van der Waals surface area contributed by atoms with Gasteiger partial charge in [-0.2, -0.15) is 5.10 Å². The van der Waals surface area contributed by atoms with Crippen LogP contribution in [-0.4, -0.2) is 9.78 Å². The van der Waals surface area contributed by atoms with Crippen molar-refractivity contribution in [2.45, 2.75) is 16.8 Å². The lowest BCUT2D eigenvalue weighted by Crippen LogP contribution is -1.97. The zero-order chi connectivity index (χ0) is 13.9. The molecule has 20 heavy (non-hydrogen) atoms. The van der Waals surface area contributed by atoms with E-state index in [1.54, 1.807) is 11.8 Å². The number of hydrogen-bond donors (Lipinski definition) is 1. The first kappa shape index (κ1) is 12.8. The van der Waals surface area contributed by atoms with Gasteiger partial charge in [0.1, 0.15) is 5.03 Å². The maximum atomic E-state index is 5.72. The van der Waals surface area contributed by atoms with Crippen LogP contribution in [0.25, 0.3) is 5.69 Å². The van der Waals surface area contributed by atoms with E-state index in [0.29, 0.717) is 0 Å². The van der Waals surface area contributed by atoms with Crippen LogP contribution in [0.15, 0.2) is 70.6 Å². The summed E-state index contributed by atoms with van der Waals surface area (Å²) in [6.07, 6.45) is 0. The number of nitrogens with two attached hydrogens (primary N) is 1. The fraction of sp³-hybridized carbons (Fsp3) is 0.0625. The summed E-state index contributed by atoms with van der Waals surface area (Å²) in [6.45, 7) is 2.01. The molecule has 0 unspecified atom stereocenters. The normalized spacial score (nSPS) is 10.7. The Morgan fingerprint density at radius 2 is 1.70 bits per heavy atom. The Bertz CT molecular complexity index is 702. The van der Waals surface area contributed by atoms with Gasteiger partial charge in [-0.25, -0.2) is 4.68 Å². The summed E-state index contributed by atoms with van der Waals surface area (Å²) in [5.41, 5.74) is 8.57. The van der Waals surface area contributed by atoms with Gasteiger partial charge in [0.25, 0.3) is 0 Å². The first-order chi connectivity index (χ1) is 9.72. The fourth-order valence-corrected chi connectivity index (χ4v) is 2.94. The Morgan fingerprint density at radius 1 is 1.00 bits per heavy atom. The lowest BCUT2D eigenvalue weighted by molar-refractivity contribution is 0.794. The lowest BCUT2D eigenvalue weighted by atomic mass is 10.3. The van der Waals surface area contributed by atoms with Crippen LogP contribution in [0.4, 0.5) is 5.69 Å². The van der Waals surface area contributed by atoms with Crippen molar-refractivity contribution in [2.75, 3.05) is 5.73 Å². The molecule has 0 fully saturated rings. The quantitative estimate of drug-likeness (QED) is 0.740. The van der Waals surface area contributed by atoms with Gasteiger partial charge in [0.15, 0.2) is 0 Å². The number of para-hydroxylation sites is 1. The predicted octanol–water partition coefficient (Wildman–Crippen LogP) is 3.91. The Hall–Kier alpha value is -2.20. The molecular weight excluding hydrogens is 266 g/mol. The van der Waals surface area contributed by atoms with E-state index < -0.39 is 0 Å². The molecule has 0 saturated carbocycles. The molecule has 100 valence electrons. The van der Waals surface area contributed by atoms with Gasteiger partial charge >= 0.3 is 0 Å². The van der Waals surface area contributed by atoms with E-state index in [-0.39, 0.29) is 0 Å². The maximum Gasteiger partial charge on any atom is 0.105 e. The third kappa shape index (κ3) is 2.70. The smallest absolute Gasteiger partial charge is 0.105 e. The molecule has 2 aromatic carbocycles. The molecule has 2 N–H and O–H groups in total. The van der Waals surface area contributed by atoms with E-state index in [1.807, 2.05) is 54.1 Å². The summed E-state index contributed by atoms with van der Waals surface area (Å²) < 4.78 is 1.97. The third-order valence-corrected chi connectivity index (χ3v) is 3.91. The van der Waals surface area contributed by atoms with Gasteiger partial charge in [-0.1, -0.05) is 30.0 Å². The van der Waals surface area contributed by atoms with E-state index in [9.17, 15) is 0 Å². The van der Waals surface area contributed by atoms with Crippen LogP contribution in [0.3, 0.4) is 0 Å². The average Bonchev–Trinajstić information content (AvgIpc) is 2.83. The molecule has 1 heterocycles. The molecule has 1 aromatic heterocycles. The van der Waals surface area contributed by atoms with Gasteiger partial charge in [-0.3, -0.25) is 0 Å². The van der Waals surface area contributed by atoms with Crippen molar-refractivity contribution in [3.8, 4) is 5.69 Å². The first-order valence-electron chi connectivity index (χ1n) is 6.38. The second-order valence-corrected chi connectivity index (χ2v) is 5.64. The molecule has 0 spiro atoms. The van der Waals surface area contributed by atoms with Crippen LogP contribution in [0.2, 0.25) is 0 Å². The monoisotopic (exact) mass is 281 g/mol. The fourth-order valence-electron chi connectivity index (χ4n) is 1.96. The number of benzene rings is 2. The minimum atomic E-state index is 0.780. The summed E-state index contributed by atoms with van der Waals surface area (Å²) in [6, 6.07) is 20.1. The second kappa shape index (κ2) is 5.43.